The van der Waals surface area contributed by atoms with Crippen LogP contribution >= 0.6 is 15.9 Å². The molecule has 1 aliphatic rings. The van der Waals surface area contributed by atoms with Gasteiger partial charge in [0.2, 0.25) is 0 Å². The number of alkyl halides is 1. The first kappa shape index (κ1) is 8.50. The summed E-state index contributed by atoms with van der Waals surface area (Å²) in [6.45, 7) is 5.72. The summed E-state index contributed by atoms with van der Waals surface area (Å²) in [6.07, 6.45) is 0.00868. The second-order valence-electron chi connectivity index (χ2n) is 2.65. The van der Waals surface area contributed by atoms with Crippen molar-refractivity contribution < 1.29 is 9.47 Å². The topological polar surface area (TPSA) is 18.5 Å². The molecule has 2 unspecified atom stereocenters. The van der Waals surface area contributed by atoms with E-state index in [1.54, 1.807) is 0 Å². The number of hydrogen-bond acceptors (Lipinski definition) is 2. The standard InChI is InChI=1S/C7H13BrO2/c1-5(6(2)8)7-9-3-4-10-7/h5-7H,3-4H2,1-2H3. The fraction of sp³-hybridized carbons (Fsp3) is 1.00. The van der Waals surface area contributed by atoms with Crippen LogP contribution in [0.4, 0.5) is 0 Å². The van der Waals surface area contributed by atoms with Crippen molar-refractivity contribution in [3.8, 4) is 0 Å². The van der Waals surface area contributed by atoms with Crippen molar-refractivity contribution in [2.24, 2.45) is 5.92 Å². The molecule has 0 N–H and O–H groups in total. The highest BCUT2D eigenvalue weighted by atomic mass is 79.9. The van der Waals surface area contributed by atoms with Crippen LogP contribution in [0.3, 0.4) is 0 Å². The van der Waals surface area contributed by atoms with Gasteiger partial charge in [-0.05, 0) is 0 Å². The fourth-order valence-corrected chi connectivity index (χ4v) is 1.15. The monoisotopic (exact) mass is 208 g/mol. The molecule has 0 bridgehead atoms. The minimum atomic E-state index is 0.00868. The van der Waals surface area contributed by atoms with Crippen molar-refractivity contribution in [3.05, 3.63) is 0 Å². The summed E-state index contributed by atoms with van der Waals surface area (Å²) in [5.74, 6) is 0.433. The van der Waals surface area contributed by atoms with Gasteiger partial charge in [-0.25, -0.2) is 0 Å². The quantitative estimate of drug-likeness (QED) is 0.645. The van der Waals surface area contributed by atoms with Gasteiger partial charge in [-0.1, -0.05) is 29.8 Å². The third kappa shape index (κ3) is 1.94. The predicted octanol–water partition coefficient (Wildman–Crippen LogP) is 1.78. The van der Waals surface area contributed by atoms with Gasteiger partial charge in [-0.15, -0.1) is 0 Å². The number of hydrogen-bond donors (Lipinski definition) is 0. The zero-order chi connectivity index (χ0) is 7.56. The van der Waals surface area contributed by atoms with E-state index in [4.69, 9.17) is 9.47 Å². The second-order valence-corrected chi connectivity index (χ2v) is 4.09. The molecule has 1 fully saturated rings. The first-order valence-electron chi connectivity index (χ1n) is 3.59. The van der Waals surface area contributed by atoms with Crippen molar-refractivity contribution >= 4 is 15.9 Å². The summed E-state index contributed by atoms with van der Waals surface area (Å²) in [5, 5.41) is 0. The Bertz CT molecular complexity index is 99.8. The van der Waals surface area contributed by atoms with E-state index in [1.807, 2.05) is 0 Å². The maximum atomic E-state index is 5.32. The Labute approximate surface area is 70.0 Å². The number of ether oxygens (including phenoxy) is 2. The molecule has 10 heavy (non-hydrogen) atoms. The molecule has 1 heterocycles. The van der Waals surface area contributed by atoms with Gasteiger partial charge < -0.3 is 9.47 Å². The summed E-state index contributed by atoms with van der Waals surface area (Å²) in [4.78, 5) is 0.454. The molecule has 2 nitrogen and oxygen atoms in total. The van der Waals surface area contributed by atoms with Crippen LogP contribution < -0.4 is 0 Å². The smallest absolute Gasteiger partial charge is 0.161 e. The van der Waals surface area contributed by atoms with Gasteiger partial charge in [0.25, 0.3) is 0 Å². The molecule has 3 heteroatoms. The van der Waals surface area contributed by atoms with Crippen LogP contribution in [-0.4, -0.2) is 24.3 Å². The minimum Gasteiger partial charge on any atom is -0.350 e. The highest BCUT2D eigenvalue weighted by molar-refractivity contribution is 9.09. The van der Waals surface area contributed by atoms with E-state index in [-0.39, 0.29) is 6.29 Å². The average molecular weight is 209 g/mol. The van der Waals surface area contributed by atoms with Gasteiger partial charge in [-0.3, -0.25) is 0 Å². The molecule has 0 saturated carbocycles. The maximum Gasteiger partial charge on any atom is 0.161 e. The lowest BCUT2D eigenvalue weighted by molar-refractivity contribution is -0.0770. The molecule has 0 aromatic rings. The van der Waals surface area contributed by atoms with E-state index in [0.717, 1.165) is 13.2 Å². The highest BCUT2D eigenvalue weighted by Gasteiger charge is 2.25. The van der Waals surface area contributed by atoms with Crippen molar-refractivity contribution in [1.29, 1.82) is 0 Å². The molecular weight excluding hydrogens is 196 g/mol. The van der Waals surface area contributed by atoms with Crippen molar-refractivity contribution in [2.75, 3.05) is 13.2 Å². The third-order valence-electron chi connectivity index (χ3n) is 1.80. The first-order chi connectivity index (χ1) is 4.72. The summed E-state index contributed by atoms with van der Waals surface area (Å²) in [6, 6.07) is 0. The molecule has 2 atom stereocenters. The van der Waals surface area contributed by atoms with Crippen LogP contribution in [-0.2, 0) is 9.47 Å². The zero-order valence-electron chi connectivity index (χ0n) is 6.34. The third-order valence-corrected chi connectivity index (χ3v) is 2.64. The van der Waals surface area contributed by atoms with Gasteiger partial charge in [0.1, 0.15) is 0 Å². The maximum absolute atomic E-state index is 5.32. The van der Waals surface area contributed by atoms with Gasteiger partial charge in [0.05, 0.1) is 13.2 Å². The molecule has 0 aliphatic carbocycles. The molecule has 0 radical (unpaired) electrons. The van der Waals surface area contributed by atoms with Crippen LogP contribution in [0.1, 0.15) is 13.8 Å². The molecule has 1 rings (SSSR count). The highest BCUT2D eigenvalue weighted by Crippen LogP contribution is 2.21. The average Bonchev–Trinajstić information content (AvgIpc) is 2.36. The van der Waals surface area contributed by atoms with E-state index in [1.165, 1.54) is 0 Å². The molecular formula is C7H13BrO2. The molecule has 1 aliphatic heterocycles. The van der Waals surface area contributed by atoms with Gasteiger partial charge in [0.15, 0.2) is 6.29 Å². The predicted molar refractivity (Wildman–Crippen MR) is 43.2 cm³/mol. The van der Waals surface area contributed by atoms with Crippen LogP contribution in [0.25, 0.3) is 0 Å². The SMILES string of the molecule is CC(Br)C(C)C1OCCO1. The van der Waals surface area contributed by atoms with E-state index >= 15 is 0 Å². The lowest BCUT2D eigenvalue weighted by Gasteiger charge is -2.19. The zero-order valence-corrected chi connectivity index (χ0v) is 7.93. The van der Waals surface area contributed by atoms with Crippen LogP contribution in [0.2, 0.25) is 0 Å². The Hall–Kier alpha value is 0.400. The Morgan fingerprint density at radius 1 is 1.30 bits per heavy atom. The second kappa shape index (κ2) is 3.69. The van der Waals surface area contributed by atoms with E-state index in [0.29, 0.717) is 10.7 Å². The lowest BCUT2D eigenvalue weighted by atomic mass is 10.1. The number of halogens is 1. The van der Waals surface area contributed by atoms with Crippen molar-refractivity contribution in [2.45, 2.75) is 25.0 Å². The summed E-state index contributed by atoms with van der Waals surface area (Å²) in [5.41, 5.74) is 0. The van der Waals surface area contributed by atoms with Gasteiger partial charge >= 0.3 is 0 Å². The largest absolute Gasteiger partial charge is 0.350 e. The first-order valence-corrected chi connectivity index (χ1v) is 4.50. The summed E-state index contributed by atoms with van der Waals surface area (Å²) < 4.78 is 10.6. The van der Waals surface area contributed by atoms with Crippen LogP contribution in [0.15, 0.2) is 0 Å². The minimum absolute atomic E-state index is 0.00868. The van der Waals surface area contributed by atoms with Crippen LogP contribution in [0, 0.1) is 5.92 Å². The lowest BCUT2D eigenvalue weighted by Crippen LogP contribution is -2.24. The molecule has 60 valence electrons. The fourth-order valence-electron chi connectivity index (χ4n) is 0.897. The molecule has 0 aromatic carbocycles. The molecule has 0 spiro atoms. The Kier molecular flexibility index (Phi) is 3.14. The van der Waals surface area contributed by atoms with E-state index in [2.05, 4.69) is 29.8 Å². The normalized spacial score (nSPS) is 26.7. The molecule has 0 aromatic heterocycles. The molecule has 0 amide bonds. The van der Waals surface area contributed by atoms with Crippen molar-refractivity contribution in [3.63, 3.8) is 0 Å². The Morgan fingerprint density at radius 3 is 2.20 bits per heavy atom. The van der Waals surface area contributed by atoms with Gasteiger partial charge in [0, 0.05) is 10.7 Å². The number of rotatable bonds is 2. The Morgan fingerprint density at radius 2 is 1.80 bits per heavy atom. The van der Waals surface area contributed by atoms with Crippen molar-refractivity contribution in [1.82, 2.24) is 0 Å². The summed E-state index contributed by atoms with van der Waals surface area (Å²) in [7, 11) is 0. The van der Waals surface area contributed by atoms with E-state index < -0.39 is 0 Å². The Balaban J connectivity index is 2.32. The van der Waals surface area contributed by atoms with Gasteiger partial charge in [-0.2, -0.15) is 0 Å². The molecule has 1 saturated heterocycles. The van der Waals surface area contributed by atoms with E-state index in [9.17, 15) is 0 Å². The van der Waals surface area contributed by atoms with Crippen LogP contribution in [0.5, 0.6) is 0 Å². The summed E-state index contributed by atoms with van der Waals surface area (Å²) >= 11 is 3.49.